The van der Waals surface area contributed by atoms with E-state index < -0.39 is 11.9 Å². The third-order valence-electron chi connectivity index (χ3n) is 4.92. The summed E-state index contributed by atoms with van der Waals surface area (Å²) in [6, 6.07) is 11.2. The van der Waals surface area contributed by atoms with Crippen LogP contribution in [-0.2, 0) is 9.53 Å². The Hall–Kier alpha value is -3.26. The smallest absolute Gasteiger partial charge is 0.255 e. The molecule has 2 aromatic rings. The highest BCUT2D eigenvalue weighted by atomic mass is 19.1. The van der Waals surface area contributed by atoms with Crippen molar-refractivity contribution in [3.63, 3.8) is 0 Å². The van der Waals surface area contributed by atoms with Gasteiger partial charge in [-0.2, -0.15) is 0 Å². The predicted molar refractivity (Wildman–Crippen MR) is 110 cm³/mol. The molecular formula is C22H24FN3O4. The molecule has 3 rings (SSSR count). The summed E-state index contributed by atoms with van der Waals surface area (Å²) in [6.45, 7) is 1.33. The van der Waals surface area contributed by atoms with Crippen molar-refractivity contribution >= 4 is 23.4 Å². The Morgan fingerprint density at radius 2 is 1.73 bits per heavy atom. The molecule has 0 aliphatic carbocycles. The quantitative estimate of drug-likeness (QED) is 0.683. The Kier molecular flexibility index (Phi) is 7.13. The van der Waals surface area contributed by atoms with E-state index in [1.54, 1.807) is 36.3 Å². The standard InChI is InChI=1S/C22H24FN3O4/c1-30-14-12-24-21(28)19-3-2-13-26(19)22(29)16-6-10-18(11-7-16)25-20(27)15-4-8-17(23)9-5-15/h4-11,19H,2-3,12-14H2,1H3,(H,24,28)(H,25,27). The van der Waals surface area contributed by atoms with E-state index in [-0.39, 0.29) is 17.7 Å². The summed E-state index contributed by atoms with van der Waals surface area (Å²) in [5.41, 5.74) is 1.28. The number of hydrogen-bond acceptors (Lipinski definition) is 4. The Balaban J connectivity index is 1.62. The number of nitrogens with zero attached hydrogens (tertiary/aromatic N) is 1. The van der Waals surface area contributed by atoms with E-state index in [2.05, 4.69) is 10.6 Å². The van der Waals surface area contributed by atoms with E-state index in [1.165, 1.54) is 24.3 Å². The minimum atomic E-state index is -0.493. The van der Waals surface area contributed by atoms with E-state index in [4.69, 9.17) is 4.74 Å². The van der Waals surface area contributed by atoms with Gasteiger partial charge in [-0.1, -0.05) is 0 Å². The van der Waals surface area contributed by atoms with E-state index >= 15 is 0 Å². The first-order valence-electron chi connectivity index (χ1n) is 9.74. The van der Waals surface area contributed by atoms with Crippen LogP contribution in [0.5, 0.6) is 0 Å². The first-order valence-corrected chi connectivity index (χ1v) is 9.74. The maximum atomic E-state index is 13.0. The van der Waals surface area contributed by atoms with Crippen molar-refractivity contribution in [1.29, 1.82) is 0 Å². The van der Waals surface area contributed by atoms with Crippen molar-refractivity contribution in [2.75, 3.05) is 32.1 Å². The van der Waals surface area contributed by atoms with Crippen molar-refractivity contribution in [3.8, 4) is 0 Å². The van der Waals surface area contributed by atoms with Gasteiger partial charge in [0.05, 0.1) is 6.61 Å². The molecule has 3 amide bonds. The topological polar surface area (TPSA) is 87.7 Å². The normalized spacial score (nSPS) is 15.7. The number of halogens is 1. The molecule has 7 nitrogen and oxygen atoms in total. The molecule has 2 N–H and O–H groups in total. The van der Waals surface area contributed by atoms with Crippen molar-refractivity contribution in [2.24, 2.45) is 0 Å². The highest BCUT2D eigenvalue weighted by Gasteiger charge is 2.34. The highest BCUT2D eigenvalue weighted by molar-refractivity contribution is 6.04. The van der Waals surface area contributed by atoms with Gasteiger partial charge in [-0.15, -0.1) is 0 Å². The average molecular weight is 413 g/mol. The molecule has 158 valence electrons. The van der Waals surface area contributed by atoms with E-state index in [9.17, 15) is 18.8 Å². The number of methoxy groups -OCH3 is 1. The van der Waals surface area contributed by atoms with Gasteiger partial charge < -0.3 is 20.3 Å². The largest absolute Gasteiger partial charge is 0.383 e. The van der Waals surface area contributed by atoms with Gasteiger partial charge in [0, 0.05) is 37.0 Å². The van der Waals surface area contributed by atoms with Gasteiger partial charge in [0.1, 0.15) is 11.9 Å². The van der Waals surface area contributed by atoms with Crippen LogP contribution in [0.1, 0.15) is 33.6 Å². The second-order valence-corrected chi connectivity index (χ2v) is 6.98. The van der Waals surface area contributed by atoms with Gasteiger partial charge in [-0.25, -0.2) is 4.39 Å². The monoisotopic (exact) mass is 413 g/mol. The maximum Gasteiger partial charge on any atom is 0.255 e. The Labute approximate surface area is 174 Å². The van der Waals surface area contributed by atoms with Crippen molar-refractivity contribution in [2.45, 2.75) is 18.9 Å². The molecular weight excluding hydrogens is 389 g/mol. The summed E-state index contributed by atoms with van der Waals surface area (Å²) in [7, 11) is 1.56. The van der Waals surface area contributed by atoms with Crippen LogP contribution < -0.4 is 10.6 Å². The lowest BCUT2D eigenvalue weighted by Crippen LogP contribution is -2.46. The summed E-state index contributed by atoms with van der Waals surface area (Å²) in [5.74, 6) is -1.19. The van der Waals surface area contributed by atoms with E-state index in [1.807, 2.05) is 0 Å². The molecule has 0 radical (unpaired) electrons. The lowest BCUT2D eigenvalue weighted by molar-refractivity contribution is -0.125. The fourth-order valence-electron chi connectivity index (χ4n) is 3.34. The Bertz CT molecular complexity index is 900. The van der Waals surface area contributed by atoms with Gasteiger partial charge in [-0.3, -0.25) is 14.4 Å². The number of benzene rings is 2. The number of hydrogen-bond donors (Lipinski definition) is 2. The third-order valence-corrected chi connectivity index (χ3v) is 4.92. The molecule has 8 heteroatoms. The third kappa shape index (κ3) is 5.21. The molecule has 0 spiro atoms. The Morgan fingerprint density at radius 1 is 1.07 bits per heavy atom. The average Bonchev–Trinajstić information content (AvgIpc) is 3.24. The molecule has 0 saturated carbocycles. The number of nitrogens with one attached hydrogen (secondary N) is 2. The van der Waals surface area contributed by atoms with Crippen molar-refractivity contribution in [1.82, 2.24) is 10.2 Å². The molecule has 1 aliphatic rings. The fraction of sp³-hybridized carbons (Fsp3) is 0.318. The molecule has 1 fully saturated rings. The zero-order valence-corrected chi connectivity index (χ0v) is 16.7. The van der Waals surface area contributed by atoms with Gasteiger partial charge in [0.25, 0.3) is 11.8 Å². The van der Waals surface area contributed by atoms with Crippen LogP contribution in [0.2, 0.25) is 0 Å². The van der Waals surface area contributed by atoms with Crippen LogP contribution in [0.15, 0.2) is 48.5 Å². The number of carbonyl (C=O) groups excluding carboxylic acids is 3. The minimum Gasteiger partial charge on any atom is -0.383 e. The lowest BCUT2D eigenvalue weighted by Gasteiger charge is -2.24. The van der Waals surface area contributed by atoms with Gasteiger partial charge in [-0.05, 0) is 61.4 Å². The van der Waals surface area contributed by atoms with Gasteiger partial charge >= 0.3 is 0 Å². The molecule has 1 heterocycles. The summed E-state index contributed by atoms with van der Waals surface area (Å²) in [6.07, 6.45) is 1.39. The first-order chi connectivity index (χ1) is 14.5. The molecule has 1 atom stereocenters. The lowest BCUT2D eigenvalue weighted by atomic mass is 10.1. The second-order valence-electron chi connectivity index (χ2n) is 6.98. The van der Waals surface area contributed by atoms with Crippen molar-refractivity contribution < 1.29 is 23.5 Å². The molecule has 1 unspecified atom stereocenters. The van der Waals surface area contributed by atoms with Gasteiger partial charge in [0.2, 0.25) is 5.91 Å². The number of rotatable bonds is 7. The number of ether oxygens (including phenoxy) is 1. The van der Waals surface area contributed by atoms with Crippen LogP contribution >= 0.6 is 0 Å². The van der Waals surface area contributed by atoms with Crippen LogP contribution in [-0.4, -0.2) is 55.5 Å². The van der Waals surface area contributed by atoms with Gasteiger partial charge in [0.15, 0.2) is 0 Å². The van der Waals surface area contributed by atoms with E-state index in [0.29, 0.717) is 42.9 Å². The number of amides is 3. The van der Waals surface area contributed by atoms with Crippen molar-refractivity contribution in [3.05, 3.63) is 65.5 Å². The predicted octanol–water partition coefficient (Wildman–Crippen LogP) is 2.45. The van der Waals surface area contributed by atoms with Crippen LogP contribution in [0.25, 0.3) is 0 Å². The van der Waals surface area contributed by atoms with Crippen LogP contribution in [0, 0.1) is 5.82 Å². The van der Waals surface area contributed by atoms with E-state index in [0.717, 1.165) is 6.42 Å². The minimum absolute atomic E-state index is 0.180. The Morgan fingerprint density at radius 3 is 2.40 bits per heavy atom. The molecule has 1 aliphatic heterocycles. The van der Waals surface area contributed by atoms with Crippen LogP contribution in [0.4, 0.5) is 10.1 Å². The zero-order valence-electron chi connectivity index (χ0n) is 16.7. The number of carbonyl (C=O) groups is 3. The second kappa shape index (κ2) is 9.98. The molecule has 2 aromatic carbocycles. The molecule has 0 aromatic heterocycles. The first kappa shape index (κ1) is 21.4. The highest BCUT2D eigenvalue weighted by Crippen LogP contribution is 2.21. The molecule has 0 bridgehead atoms. The molecule has 1 saturated heterocycles. The summed E-state index contributed by atoms with van der Waals surface area (Å²) in [5, 5.41) is 5.49. The number of likely N-dealkylation sites (tertiary alicyclic amines) is 1. The fourth-order valence-corrected chi connectivity index (χ4v) is 3.34. The maximum absolute atomic E-state index is 13.0. The summed E-state index contributed by atoms with van der Waals surface area (Å²) >= 11 is 0. The zero-order chi connectivity index (χ0) is 21.5. The van der Waals surface area contributed by atoms with Crippen LogP contribution in [0.3, 0.4) is 0 Å². The summed E-state index contributed by atoms with van der Waals surface area (Å²) < 4.78 is 17.9. The number of anilines is 1. The summed E-state index contributed by atoms with van der Waals surface area (Å²) in [4.78, 5) is 39.0. The SMILES string of the molecule is COCCNC(=O)C1CCCN1C(=O)c1ccc(NC(=O)c2ccc(F)cc2)cc1. The molecule has 30 heavy (non-hydrogen) atoms.